The maximum atomic E-state index is 4.00. The summed E-state index contributed by atoms with van der Waals surface area (Å²) in [5.74, 6) is 0. The highest BCUT2D eigenvalue weighted by atomic mass is 32.1. The first-order chi connectivity index (χ1) is 28.2. The minimum absolute atomic E-state index is 1.05. The van der Waals surface area contributed by atoms with Gasteiger partial charge < -0.3 is 9.13 Å². The Bertz CT molecular complexity index is 3430. The van der Waals surface area contributed by atoms with Gasteiger partial charge in [-0.05, 0) is 106 Å². The van der Waals surface area contributed by atoms with Crippen molar-refractivity contribution in [3.8, 4) is 33.6 Å². The average molecular weight is 745 g/mol. The number of aromatic nitrogens is 2. The first-order valence-corrected chi connectivity index (χ1v) is 20.1. The molecule has 8 aromatic carbocycles. The van der Waals surface area contributed by atoms with Crippen LogP contribution in [0.25, 0.3) is 103 Å². The van der Waals surface area contributed by atoms with Gasteiger partial charge in [0.05, 0.1) is 22.1 Å². The molecule has 3 aromatic heterocycles. The van der Waals surface area contributed by atoms with Crippen LogP contribution in [0, 0.1) is 0 Å². The molecule has 0 bridgehead atoms. The molecule has 2 nitrogen and oxygen atoms in total. The van der Waals surface area contributed by atoms with E-state index < -0.39 is 0 Å². The molecular formula is C54H36N2S. The maximum absolute atomic E-state index is 4.00. The van der Waals surface area contributed by atoms with Crippen LogP contribution in [0.4, 0.5) is 0 Å². The highest BCUT2D eigenvalue weighted by molar-refractivity contribution is 7.26. The zero-order chi connectivity index (χ0) is 38.0. The largest absolute Gasteiger partial charge is 0.309 e. The van der Waals surface area contributed by atoms with Crippen molar-refractivity contribution in [2.24, 2.45) is 0 Å². The standard InChI is InChI=1S/C54H36N2S/c1-3-13-35(4-2)36-22-27-41(28-23-36)56-49-20-10-8-16-43(49)46-32-37(24-29-50(46)56)38-25-30-51-47(33-38)48-34-39(26-31-52(48)55(51)40-14-6-5-7-15-40)42-18-12-19-45-44-17-9-11-21-53(44)57-54(42)45/h3-34H,1-2H2/b35-13+. The number of hydrogen-bond acceptors (Lipinski definition) is 1. The predicted octanol–water partition coefficient (Wildman–Crippen LogP) is 15.3. The Morgan fingerprint density at radius 1 is 0.439 bits per heavy atom. The van der Waals surface area contributed by atoms with Crippen LogP contribution >= 0.6 is 11.3 Å². The lowest BCUT2D eigenvalue weighted by atomic mass is 9.98. The molecule has 0 spiro atoms. The quantitative estimate of drug-likeness (QED) is 0.144. The van der Waals surface area contributed by atoms with Gasteiger partial charge >= 0.3 is 0 Å². The van der Waals surface area contributed by atoms with Crippen molar-refractivity contribution in [1.82, 2.24) is 9.13 Å². The molecule has 0 radical (unpaired) electrons. The van der Waals surface area contributed by atoms with Gasteiger partial charge in [-0.3, -0.25) is 0 Å². The van der Waals surface area contributed by atoms with E-state index in [0.717, 1.165) is 22.5 Å². The Labute approximate surface area is 334 Å². The van der Waals surface area contributed by atoms with Gasteiger partial charge in [0.25, 0.3) is 0 Å². The summed E-state index contributed by atoms with van der Waals surface area (Å²) in [6.45, 7) is 7.87. The molecule has 268 valence electrons. The van der Waals surface area contributed by atoms with Gasteiger partial charge in [0.1, 0.15) is 0 Å². The second-order valence-electron chi connectivity index (χ2n) is 14.6. The molecule has 0 N–H and O–H groups in total. The van der Waals surface area contributed by atoms with Crippen LogP contribution in [0.15, 0.2) is 207 Å². The van der Waals surface area contributed by atoms with E-state index in [1.807, 2.05) is 23.5 Å². The highest BCUT2D eigenvalue weighted by Crippen LogP contribution is 2.43. The van der Waals surface area contributed by atoms with Crippen molar-refractivity contribution in [2.75, 3.05) is 0 Å². The van der Waals surface area contributed by atoms with Crippen molar-refractivity contribution in [2.45, 2.75) is 0 Å². The molecule has 0 saturated heterocycles. The highest BCUT2D eigenvalue weighted by Gasteiger charge is 2.18. The monoisotopic (exact) mass is 744 g/mol. The third kappa shape index (κ3) is 5.24. The summed E-state index contributed by atoms with van der Waals surface area (Å²) in [5, 5.41) is 7.59. The second kappa shape index (κ2) is 13.2. The molecule has 3 heteroatoms. The van der Waals surface area contributed by atoms with E-state index in [-0.39, 0.29) is 0 Å². The normalized spacial score (nSPS) is 12.1. The number of nitrogens with zero attached hydrogens (tertiary/aromatic N) is 2. The zero-order valence-corrected chi connectivity index (χ0v) is 32.0. The van der Waals surface area contributed by atoms with Gasteiger partial charge in [0, 0.05) is 53.1 Å². The molecule has 0 atom stereocenters. The maximum Gasteiger partial charge on any atom is 0.0541 e. The van der Waals surface area contributed by atoms with E-state index in [0.29, 0.717) is 0 Å². The molecular weight excluding hydrogens is 709 g/mol. The fraction of sp³-hybridized carbons (Fsp3) is 0. The van der Waals surface area contributed by atoms with Crippen molar-refractivity contribution < 1.29 is 0 Å². The van der Waals surface area contributed by atoms with Crippen LogP contribution < -0.4 is 0 Å². The van der Waals surface area contributed by atoms with Crippen molar-refractivity contribution in [1.29, 1.82) is 0 Å². The summed E-state index contributed by atoms with van der Waals surface area (Å²) < 4.78 is 7.44. The molecule has 11 aromatic rings. The molecule has 0 amide bonds. The topological polar surface area (TPSA) is 9.86 Å². The Morgan fingerprint density at radius 2 is 0.982 bits per heavy atom. The van der Waals surface area contributed by atoms with Crippen LogP contribution in [0.5, 0.6) is 0 Å². The Hall–Kier alpha value is -7.20. The average Bonchev–Trinajstić information content (AvgIpc) is 3.93. The minimum atomic E-state index is 1.05. The van der Waals surface area contributed by atoms with Crippen molar-refractivity contribution in [3.05, 3.63) is 213 Å². The summed E-state index contributed by atoms with van der Waals surface area (Å²) >= 11 is 1.88. The molecule has 0 aliphatic carbocycles. The minimum Gasteiger partial charge on any atom is -0.309 e. The smallest absolute Gasteiger partial charge is 0.0541 e. The van der Waals surface area contributed by atoms with E-state index in [4.69, 9.17) is 0 Å². The molecule has 0 unspecified atom stereocenters. The lowest BCUT2D eigenvalue weighted by molar-refractivity contribution is 1.18. The van der Waals surface area contributed by atoms with Crippen molar-refractivity contribution in [3.63, 3.8) is 0 Å². The fourth-order valence-corrected chi connectivity index (χ4v) is 10.1. The van der Waals surface area contributed by atoms with Crippen LogP contribution in [0.1, 0.15) is 5.56 Å². The van der Waals surface area contributed by atoms with Gasteiger partial charge in [-0.1, -0.05) is 135 Å². The summed E-state index contributed by atoms with van der Waals surface area (Å²) in [5.41, 5.74) is 14.1. The van der Waals surface area contributed by atoms with Crippen molar-refractivity contribution >= 4 is 80.7 Å². The van der Waals surface area contributed by atoms with Gasteiger partial charge in [-0.2, -0.15) is 0 Å². The second-order valence-corrected chi connectivity index (χ2v) is 15.7. The molecule has 57 heavy (non-hydrogen) atoms. The number of hydrogen-bond donors (Lipinski definition) is 0. The predicted molar refractivity (Wildman–Crippen MR) is 247 cm³/mol. The molecule has 3 heterocycles. The first-order valence-electron chi connectivity index (χ1n) is 19.3. The lowest BCUT2D eigenvalue weighted by Crippen LogP contribution is -1.94. The number of para-hydroxylation sites is 2. The number of allylic oxidation sites excluding steroid dienone is 4. The molecule has 0 aliphatic heterocycles. The first kappa shape index (κ1) is 33.2. The van der Waals surface area contributed by atoms with Gasteiger partial charge in [0.15, 0.2) is 0 Å². The van der Waals surface area contributed by atoms with E-state index in [2.05, 4.69) is 198 Å². The number of benzene rings is 8. The van der Waals surface area contributed by atoms with E-state index >= 15 is 0 Å². The van der Waals surface area contributed by atoms with Gasteiger partial charge in [-0.15, -0.1) is 11.3 Å². The van der Waals surface area contributed by atoms with Crippen LogP contribution in [0.3, 0.4) is 0 Å². The van der Waals surface area contributed by atoms with Crippen LogP contribution in [-0.2, 0) is 0 Å². The van der Waals surface area contributed by atoms with E-state index in [9.17, 15) is 0 Å². The third-order valence-corrected chi connectivity index (χ3v) is 12.7. The van der Waals surface area contributed by atoms with Gasteiger partial charge in [0.2, 0.25) is 0 Å². The summed E-state index contributed by atoms with van der Waals surface area (Å²) in [6.07, 6.45) is 5.67. The van der Waals surface area contributed by atoms with Gasteiger partial charge in [-0.25, -0.2) is 0 Å². The van der Waals surface area contributed by atoms with E-state index in [1.165, 1.54) is 86.0 Å². The summed E-state index contributed by atoms with van der Waals surface area (Å²) in [4.78, 5) is 0. The Morgan fingerprint density at radius 3 is 1.67 bits per heavy atom. The van der Waals surface area contributed by atoms with Crippen LogP contribution in [0.2, 0.25) is 0 Å². The zero-order valence-electron chi connectivity index (χ0n) is 31.2. The molecule has 0 saturated carbocycles. The molecule has 0 fully saturated rings. The van der Waals surface area contributed by atoms with Crippen LogP contribution in [-0.4, -0.2) is 9.13 Å². The van der Waals surface area contributed by atoms with E-state index in [1.54, 1.807) is 6.08 Å². The molecule has 0 aliphatic rings. The fourth-order valence-electron chi connectivity index (χ4n) is 8.84. The summed E-state index contributed by atoms with van der Waals surface area (Å²) in [6, 6.07) is 64.6. The molecule has 11 rings (SSSR count). The third-order valence-electron chi connectivity index (χ3n) is 11.5. The SMILES string of the molecule is C=C/C=C(\C=C)c1ccc(-n2c3ccccc3c3cc(-c4ccc5c(c4)c4cc(-c6cccc7c6sc6ccccc67)ccc4n5-c4ccccc4)ccc32)cc1. The Kier molecular flexibility index (Phi) is 7.70. The summed E-state index contributed by atoms with van der Waals surface area (Å²) in [7, 11) is 0. The number of rotatable bonds is 7. The number of fused-ring (bicyclic) bond motifs is 9. The Balaban J connectivity index is 1.09. The lowest BCUT2D eigenvalue weighted by Gasteiger charge is -2.10. The number of thiophene rings is 1.